The molecule has 182 valence electrons. The second-order valence-electron chi connectivity index (χ2n) is 8.37. The van der Waals surface area contributed by atoms with E-state index in [1.54, 1.807) is 0 Å². The molecule has 0 bridgehead atoms. The lowest BCUT2D eigenvalue weighted by Crippen LogP contribution is -2.45. The van der Waals surface area contributed by atoms with Crippen LogP contribution in [0.5, 0.6) is 0 Å². The first kappa shape index (κ1) is 25.8. The van der Waals surface area contributed by atoms with Gasteiger partial charge in [-0.3, -0.25) is 23.7 Å². The molecule has 34 heavy (non-hydrogen) atoms. The fourth-order valence-corrected chi connectivity index (χ4v) is 4.83. The average molecular weight is 485 g/mol. The number of terminal acetylenes is 1. The monoisotopic (exact) mass is 484 g/mol. The Kier molecular flexibility index (Phi) is 9.53. The second-order valence-corrected chi connectivity index (χ2v) is 9.32. The van der Waals surface area contributed by atoms with Gasteiger partial charge in [0.1, 0.15) is 0 Å². The summed E-state index contributed by atoms with van der Waals surface area (Å²) in [5.41, 5.74) is 2.20. The third-order valence-corrected chi connectivity index (χ3v) is 6.86. The van der Waals surface area contributed by atoms with Crippen LogP contribution >= 0.6 is 0 Å². The predicted octanol–water partition coefficient (Wildman–Crippen LogP) is 0.970. The van der Waals surface area contributed by atoms with Crippen molar-refractivity contribution in [2.75, 3.05) is 39.3 Å². The Morgan fingerprint density at radius 1 is 1.26 bits per heavy atom. The van der Waals surface area contributed by atoms with Crippen LogP contribution < -0.4 is 10.6 Å². The van der Waals surface area contributed by atoms with Crippen LogP contribution in [0.2, 0.25) is 0 Å². The first-order valence-electron chi connectivity index (χ1n) is 11.3. The first-order chi connectivity index (χ1) is 16.4. The Labute approximate surface area is 202 Å². The summed E-state index contributed by atoms with van der Waals surface area (Å²) in [5, 5.41) is 6.00. The largest absolute Gasteiger partial charge is 0.760 e. The highest BCUT2D eigenvalue weighted by atomic mass is 32.2. The number of benzene rings is 1. The number of likely N-dealkylation sites (tertiary alicyclic amines) is 1. The van der Waals surface area contributed by atoms with Crippen LogP contribution in [0.1, 0.15) is 31.4 Å². The molecule has 2 heterocycles. The van der Waals surface area contributed by atoms with Crippen molar-refractivity contribution in [1.82, 2.24) is 24.8 Å². The zero-order valence-electron chi connectivity index (χ0n) is 19.2. The molecular formula is C24H30N5O4S-. The standard InChI is InChI=1S/C24H31N5O4S/c1-3-11-26-23(30)15-27-24(31)17-29(34(32)33)16-19-9-13-28(14-10-19)18(2)20-8-12-25-22-7-5-4-6-21(20)22/h1,4-8,12,18-19H,9-11,13-17H2,2H3,(H,26,30)(H,27,31)(H,32,33)/p-1. The number of amides is 2. The topological polar surface area (TPSA) is 118 Å². The number of aromatic nitrogens is 1. The van der Waals surface area contributed by atoms with Gasteiger partial charge in [0, 0.05) is 35.4 Å². The molecule has 2 unspecified atom stereocenters. The molecular weight excluding hydrogens is 454 g/mol. The van der Waals surface area contributed by atoms with Gasteiger partial charge in [-0.25, -0.2) is 4.31 Å². The number of hydrogen-bond donors (Lipinski definition) is 2. The van der Waals surface area contributed by atoms with Crippen molar-refractivity contribution in [2.45, 2.75) is 25.8 Å². The van der Waals surface area contributed by atoms with E-state index in [0.717, 1.165) is 41.1 Å². The SMILES string of the molecule is C#CCNC(=O)CNC(=O)CN(CC1CCN(C(C)c2ccnc3ccccc23)CC1)S(=O)[O-]. The van der Waals surface area contributed by atoms with Gasteiger partial charge in [-0.15, -0.1) is 6.42 Å². The zero-order chi connectivity index (χ0) is 24.5. The van der Waals surface area contributed by atoms with Crippen molar-refractivity contribution < 1.29 is 18.4 Å². The number of carbonyl (C=O) groups is 2. The number of piperidine rings is 1. The van der Waals surface area contributed by atoms with E-state index in [1.807, 2.05) is 24.4 Å². The van der Waals surface area contributed by atoms with E-state index in [4.69, 9.17) is 6.42 Å². The van der Waals surface area contributed by atoms with Gasteiger partial charge in [0.2, 0.25) is 11.8 Å². The number of pyridine rings is 1. The molecule has 2 amide bonds. The molecule has 3 rings (SSSR count). The summed E-state index contributed by atoms with van der Waals surface area (Å²) in [6.45, 7) is 3.63. The minimum atomic E-state index is -2.53. The summed E-state index contributed by atoms with van der Waals surface area (Å²) in [6, 6.07) is 10.4. The van der Waals surface area contributed by atoms with Crippen LogP contribution in [-0.4, -0.2) is 74.0 Å². The molecule has 1 aliphatic rings. The number of para-hydroxylation sites is 1. The third kappa shape index (κ3) is 7.08. The van der Waals surface area contributed by atoms with Crippen molar-refractivity contribution in [2.24, 2.45) is 5.92 Å². The van der Waals surface area contributed by atoms with Crippen LogP contribution in [0.15, 0.2) is 36.5 Å². The number of nitrogens with one attached hydrogen (secondary N) is 2. The Hall–Kier alpha value is -2.84. The van der Waals surface area contributed by atoms with E-state index in [-0.39, 0.29) is 38.1 Å². The molecule has 0 radical (unpaired) electrons. The van der Waals surface area contributed by atoms with Gasteiger partial charge in [-0.1, -0.05) is 24.1 Å². The highest BCUT2D eigenvalue weighted by molar-refractivity contribution is 7.76. The molecule has 1 aromatic heterocycles. The molecule has 2 N–H and O–H groups in total. The zero-order valence-corrected chi connectivity index (χ0v) is 20.1. The molecule has 1 saturated heterocycles. The Morgan fingerprint density at radius 3 is 2.71 bits per heavy atom. The fraction of sp³-hybridized carbons (Fsp3) is 0.458. The van der Waals surface area contributed by atoms with Crippen LogP contribution in [0, 0.1) is 18.3 Å². The predicted molar refractivity (Wildman–Crippen MR) is 130 cm³/mol. The van der Waals surface area contributed by atoms with Crippen LogP contribution in [-0.2, 0) is 20.9 Å². The third-order valence-electron chi connectivity index (χ3n) is 6.16. The highest BCUT2D eigenvalue weighted by Gasteiger charge is 2.26. The van der Waals surface area contributed by atoms with Crippen molar-refractivity contribution in [3.63, 3.8) is 0 Å². The second kappa shape index (κ2) is 12.6. The molecule has 10 heteroatoms. The molecule has 2 atom stereocenters. The van der Waals surface area contributed by atoms with Crippen LogP contribution in [0.4, 0.5) is 0 Å². The molecule has 1 aromatic carbocycles. The number of nitrogens with zero attached hydrogens (tertiary/aromatic N) is 3. The number of rotatable bonds is 10. The van der Waals surface area contributed by atoms with Gasteiger partial charge in [0.15, 0.2) is 0 Å². The Morgan fingerprint density at radius 2 is 2.00 bits per heavy atom. The van der Waals surface area contributed by atoms with E-state index in [2.05, 4.69) is 45.5 Å². The number of carbonyl (C=O) groups excluding carboxylic acids is 2. The smallest absolute Gasteiger partial charge is 0.240 e. The van der Waals surface area contributed by atoms with Crippen LogP contribution in [0.25, 0.3) is 10.9 Å². The molecule has 9 nitrogen and oxygen atoms in total. The maximum absolute atomic E-state index is 12.1. The molecule has 0 aliphatic carbocycles. The lowest BCUT2D eigenvalue weighted by Gasteiger charge is -2.38. The summed E-state index contributed by atoms with van der Waals surface area (Å²) in [7, 11) is 0. The summed E-state index contributed by atoms with van der Waals surface area (Å²) < 4.78 is 24.5. The maximum atomic E-state index is 12.1. The number of fused-ring (bicyclic) bond motifs is 1. The minimum absolute atomic E-state index is 0.0695. The van der Waals surface area contributed by atoms with E-state index < -0.39 is 23.1 Å². The lowest BCUT2D eigenvalue weighted by molar-refractivity contribution is -0.126. The quantitative estimate of drug-likeness (QED) is 0.383. The van der Waals surface area contributed by atoms with E-state index in [0.29, 0.717) is 0 Å². The minimum Gasteiger partial charge on any atom is -0.760 e. The first-order valence-corrected chi connectivity index (χ1v) is 12.3. The van der Waals surface area contributed by atoms with Crippen molar-refractivity contribution in [3.8, 4) is 12.3 Å². The summed E-state index contributed by atoms with van der Waals surface area (Å²) in [4.78, 5) is 30.5. The molecule has 0 spiro atoms. The van der Waals surface area contributed by atoms with Gasteiger partial charge in [0.25, 0.3) is 0 Å². The Bertz CT molecular complexity index is 1060. The van der Waals surface area contributed by atoms with Crippen molar-refractivity contribution in [3.05, 3.63) is 42.1 Å². The highest BCUT2D eigenvalue weighted by Crippen LogP contribution is 2.30. The van der Waals surface area contributed by atoms with E-state index >= 15 is 0 Å². The molecule has 0 saturated carbocycles. The average Bonchev–Trinajstić information content (AvgIpc) is 2.85. The van der Waals surface area contributed by atoms with Gasteiger partial charge in [-0.2, -0.15) is 0 Å². The van der Waals surface area contributed by atoms with E-state index in [9.17, 15) is 18.4 Å². The summed E-state index contributed by atoms with van der Waals surface area (Å²) in [5.74, 6) is 1.46. The van der Waals surface area contributed by atoms with Gasteiger partial charge in [0.05, 0.1) is 25.2 Å². The van der Waals surface area contributed by atoms with Crippen molar-refractivity contribution >= 4 is 34.0 Å². The molecule has 1 aliphatic heterocycles. The summed E-state index contributed by atoms with van der Waals surface area (Å²) in [6.07, 6.45) is 8.57. The molecule has 1 fully saturated rings. The summed E-state index contributed by atoms with van der Waals surface area (Å²) >= 11 is -2.53. The number of hydrogen-bond acceptors (Lipinski definition) is 6. The van der Waals surface area contributed by atoms with Crippen molar-refractivity contribution in [1.29, 1.82) is 0 Å². The lowest BCUT2D eigenvalue weighted by atomic mass is 9.93. The van der Waals surface area contributed by atoms with Crippen LogP contribution in [0.3, 0.4) is 0 Å². The van der Waals surface area contributed by atoms with E-state index in [1.165, 1.54) is 5.56 Å². The normalized spacial score (nSPS) is 16.6. The Balaban J connectivity index is 1.50. The molecule has 2 aromatic rings. The van der Waals surface area contributed by atoms with Gasteiger partial charge < -0.3 is 15.2 Å². The van der Waals surface area contributed by atoms with Gasteiger partial charge in [-0.05, 0) is 56.5 Å². The van der Waals surface area contributed by atoms with Gasteiger partial charge >= 0.3 is 0 Å². The maximum Gasteiger partial charge on any atom is 0.240 e. The fourth-order valence-electron chi connectivity index (χ4n) is 4.27.